The van der Waals surface area contributed by atoms with Gasteiger partial charge in [0.1, 0.15) is 23.4 Å². The summed E-state index contributed by atoms with van der Waals surface area (Å²) in [6.45, 7) is 0.369. The molecule has 0 unspecified atom stereocenters. The summed E-state index contributed by atoms with van der Waals surface area (Å²) in [5.41, 5.74) is 1.63. The lowest BCUT2D eigenvalue weighted by Gasteiger charge is -2.05. The maximum Gasteiger partial charge on any atom is 0.230 e. The number of carbonyl (C=O) groups is 1. The molecule has 0 bridgehead atoms. The van der Waals surface area contributed by atoms with Crippen molar-refractivity contribution in [1.82, 2.24) is 4.98 Å². The third kappa shape index (κ3) is 4.66. The normalized spacial score (nSPS) is 10.0. The molecule has 0 spiro atoms. The van der Waals surface area contributed by atoms with Crippen LogP contribution in [0.15, 0.2) is 60.0 Å². The van der Waals surface area contributed by atoms with Gasteiger partial charge in [-0.15, -0.1) is 11.3 Å². The van der Waals surface area contributed by atoms with E-state index in [1.807, 2.05) is 35.7 Å². The monoisotopic (exact) mass is 349 g/mol. The molecule has 25 heavy (non-hydrogen) atoms. The zero-order chi connectivity index (χ0) is 17.5. The van der Waals surface area contributed by atoms with Crippen molar-refractivity contribution in [1.29, 1.82) is 5.26 Å². The van der Waals surface area contributed by atoms with Gasteiger partial charge in [0.2, 0.25) is 5.91 Å². The minimum atomic E-state index is -0.205. The number of ether oxygens (including phenoxy) is 1. The molecule has 1 aromatic heterocycles. The summed E-state index contributed by atoms with van der Waals surface area (Å²) in [5, 5.41) is 14.5. The molecular weight excluding hydrogens is 334 g/mol. The number of hydrogen-bond acceptors (Lipinski definition) is 5. The number of para-hydroxylation sites is 2. The number of carbonyl (C=O) groups excluding carboxylic acids is 1. The third-order valence-corrected chi connectivity index (χ3v) is 4.24. The van der Waals surface area contributed by atoms with E-state index in [2.05, 4.69) is 16.4 Å². The summed E-state index contributed by atoms with van der Waals surface area (Å²) in [7, 11) is 0. The van der Waals surface area contributed by atoms with Gasteiger partial charge < -0.3 is 10.1 Å². The van der Waals surface area contributed by atoms with Crippen molar-refractivity contribution in [3.63, 3.8) is 0 Å². The van der Waals surface area contributed by atoms with Crippen LogP contribution >= 0.6 is 11.3 Å². The minimum Gasteiger partial charge on any atom is -0.486 e. The number of thiazole rings is 1. The molecule has 5 nitrogen and oxygen atoms in total. The number of hydrogen-bond donors (Lipinski definition) is 1. The molecule has 0 fully saturated rings. The number of amides is 1. The van der Waals surface area contributed by atoms with E-state index in [4.69, 9.17) is 10.00 Å². The van der Waals surface area contributed by atoms with Gasteiger partial charge in [0, 0.05) is 5.38 Å². The molecule has 1 heterocycles. The molecule has 0 aliphatic carbocycles. The second kappa shape index (κ2) is 8.08. The highest BCUT2D eigenvalue weighted by atomic mass is 32.1. The molecule has 1 N–H and O–H groups in total. The zero-order valence-corrected chi connectivity index (χ0v) is 14.1. The van der Waals surface area contributed by atoms with E-state index < -0.39 is 0 Å². The van der Waals surface area contributed by atoms with Gasteiger partial charge in [0.05, 0.1) is 23.4 Å². The number of nitriles is 1. The van der Waals surface area contributed by atoms with E-state index in [-0.39, 0.29) is 12.3 Å². The van der Waals surface area contributed by atoms with E-state index in [0.29, 0.717) is 23.6 Å². The Balaban J connectivity index is 1.56. The van der Waals surface area contributed by atoms with E-state index in [1.165, 1.54) is 11.3 Å². The van der Waals surface area contributed by atoms with Gasteiger partial charge in [-0.1, -0.05) is 30.3 Å². The number of rotatable bonds is 6. The van der Waals surface area contributed by atoms with Crippen LogP contribution in [-0.2, 0) is 17.8 Å². The Hall–Kier alpha value is -3.17. The molecule has 6 heteroatoms. The van der Waals surface area contributed by atoms with Gasteiger partial charge in [-0.05, 0) is 24.3 Å². The highest BCUT2D eigenvalue weighted by Gasteiger charge is 2.10. The highest BCUT2D eigenvalue weighted by Crippen LogP contribution is 2.17. The maximum atomic E-state index is 12.2. The van der Waals surface area contributed by atoms with Crippen LogP contribution in [-0.4, -0.2) is 10.9 Å². The quantitative estimate of drug-likeness (QED) is 0.735. The first-order valence-corrected chi connectivity index (χ1v) is 8.52. The van der Waals surface area contributed by atoms with E-state index in [9.17, 15) is 4.79 Å². The molecule has 0 aliphatic rings. The van der Waals surface area contributed by atoms with Gasteiger partial charge in [0.15, 0.2) is 0 Å². The lowest BCUT2D eigenvalue weighted by molar-refractivity contribution is -0.115. The predicted molar refractivity (Wildman–Crippen MR) is 96.4 cm³/mol. The number of benzene rings is 2. The van der Waals surface area contributed by atoms with Crippen molar-refractivity contribution in [3.05, 3.63) is 76.2 Å². The average molecular weight is 349 g/mol. The van der Waals surface area contributed by atoms with Gasteiger partial charge >= 0.3 is 0 Å². The van der Waals surface area contributed by atoms with Crippen molar-refractivity contribution < 1.29 is 9.53 Å². The lowest BCUT2D eigenvalue weighted by Crippen LogP contribution is -2.15. The van der Waals surface area contributed by atoms with Crippen molar-refractivity contribution in [2.45, 2.75) is 13.0 Å². The summed E-state index contributed by atoms with van der Waals surface area (Å²) >= 11 is 1.46. The van der Waals surface area contributed by atoms with Crippen LogP contribution in [0.1, 0.15) is 16.3 Å². The van der Waals surface area contributed by atoms with Gasteiger partial charge in [-0.2, -0.15) is 5.26 Å². The molecule has 0 aliphatic heterocycles. The van der Waals surface area contributed by atoms with Crippen molar-refractivity contribution >= 4 is 22.9 Å². The Morgan fingerprint density at radius 3 is 2.72 bits per heavy atom. The van der Waals surface area contributed by atoms with Gasteiger partial charge in [0.25, 0.3) is 0 Å². The molecule has 0 radical (unpaired) electrons. The van der Waals surface area contributed by atoms with E-state index in [1.54, 1.807) is 24.3 Å². The molecule has 3 aromatic rings. The van der Waals surface area contributed by atoms with Crippen LogP contribution in [0.5, 0.6) is 5.75 Å². The molecule has 0 atom stereocenters. The van der Waals surface area contributed by atoms with Crippen LogP contribution in [0, 0.1) is 11.3 Å². The summed E-state index contributed by atoms with van der Waals surface area (Å²) < 4.78 is 5.65. The molecule has 0 saturated heterocycles. The Labute approximate surface area is 149 Å². The largest absolute Gasteiger partial charge is 0.486 e. The second-order valence-electron chi connectivity index (χ2n) is 5.22. The predicted octanol–water partition coefficient (Wildman–Crippen LogP) is 3.77. The summed E-state index contributed by atoms with van der Waals surface area (Å²) in [5.74, 6) is 0.577. The summed E-state index contributed by atoms with van der Waals surface area (Å²) in [6.07, 6.45) is 0.154. The molecular formula is C19H15N3O2S. The fourth-order valence-corrected chi connectivity index (χ4v) is 2.91. The zero-order valence-electron chi connectivity index (χ0n) is 13.3. The van der Waals surface area contributed by atoms with Crippen molar-refractivity contribution in [2.24, 2.45) is 0 Å². The fourth-order valence-electron chi connectivity index (χ4n) is 2.21. The first kappa shape index (κ1) is 16.7. The Bertz CT molecular complexity index is 900. The van der Waals surface area contributed by atoms with E-state index >= 15 is 0 Å². The van der Waals surface area contributed by atoms with Gasteiger partial charge in [-0.3, -0.25) is 4.79 Å². The molecule has 3 rings (SSSR count). The van der Waals surface area contributed by atoms with Crippen LogP contribution in [0.3, 0.4) is 0 Å². The first-order valence-electron chi connectivity index (χ1n) is 7.64. The minimum absolute atomic E-state index is 0.154. The first-order chi connectivity index (χ1) is 12.2. The van der Waals surface area contributed by atoms with Crippen LogP contribution < -0.4 is 10.1 Å². The Morgan fingerprint density at radius 2 is 1.92 bits per heavy atom. The lowest BCUT2D eigenvalue weighted by atomic mass is 10.2. The maximum absolute atomic E-state index is 12.2. The molecule has 124 valence electrons. The Kier molecular flexibility index (Phi) is 5.39. The Morgan fingerprint density at radius 1 is 1.16 bits per heavy atom. The number of aromatic nitrogens is 1. The molecule has 0 saturated carbocycles. The van der Waals surface area contributed by atoms with Crippen LogP contribution in [0.4, 0.5) is 5.69 Å². The number of anilines is 1. The van der Waals surface area contributed by atoms with Crippen molar-refractivity contribution in [3.8, 4) is 11.8 Å². The topological polar surface area (TPSA) is 75.0 Å². The third-order valence-electron chi connectivity index (χ3n) is 3.37. The number of nitrogens with one attached hydrogen (secondary N) is 1. The summed E-state index contributed by atoms with van der Waals surface area (Å²) in [4.78, 5) is 16.6. The van der Waals surface area contributed by atoms with Crippen LogP contribution in [0.25, 0.3) is 0 Å². The average Bonchev–Trinajstić information content (AvgIpc) is 3.08. The molecule has 2 aromatic carbocycles. The highest BCUT2D eigenvalue weighted by molar-refractivity contribution is 7.09. The summed E-state index contributed by atoms with van der Waals surface area (Å²) in [6, 6.07) is 18.5. The van der Waals surface area contributed by atoms with E-state index in [0.717, 1.165) is 10.8 Å². The van der Waals surface area contributed by atoms with Crippen molar-refractivity contribution in [2.75, 3.05) is 5.32 Å². The molecule has 1 amide bonds. The number of nitrogens with zero attached hydrogens (tertiary/aromatic N) is 2. The fraction of sp³-hybridized carbons (Fsp3) is 0.105. The second-order valence-corrected chi connectivity index (χ2v) is 6.16. The standard InChI is InChI=1S/C19H15N3O2S/c20-11-14-6-4-5-9-17(14)22-18(23)10-15-13-25-19(21-15)12-24-16-7-2-1-3-8-16/h1-9,13H,10,12H2,(H,22,23). The van der Waals surface area contributed by atoms with Gasteiger partial charge in [-0.25, -0.2) is 4.98 Å². The SMILES string of the molecule is N#Cc1ccccc1NC(=O)Cc1csc(COc2ccccc2)n1. The smallest absolute Gasteiger partial charge is 0.230 e. The van der Waals surface area contributed by atoms with Crippen LogP contribution in [0.2, 0.25) is 0 Å².